The third kappa shape index (κ3) is 8.77. The van der Waals surface area contributed by atoms with Crippen LogP contribution in [0.5, 0.6) is 23.0 Å². The smallest absolute Gasteiger partial charge is 0.345 e. The number of benzene rings is 4. The fraction of sp³-hybridized carbons (Fsp3) is 0.100. The van der Waals surface area contributed by atoms with E-state index < -0.39 is 18.2 Å². The Morgan fingerprint density at radius 3 is 1.95 bits per heavy atom. The Morgan fingerprint density at radius 1 is 0.786 bits per heavy atom. The first-order chi connectivity index (χ1) is 20.2. The maximum atomic E-state index is 13.0. The zero-order chi connectivity index (χ0) is 30.1. The number of hydrogen-bond acceptors (Lipinski definition) is 7. The molecule has 4 aromatic rings. The second-order valence-electron chi connectivity index (χ2n) is 8.36. The SMILES string of the molecule is CCOc1cc(/C=N\NC(=O)C(Oc2ccc(Cl)cc2)Oc2ccc(Cl)cc2)ccc1OC(=O)c1ccc(Cl)cc1Cl. The van der Waals surface area contributed by atoms with Crippen LogP contribution < -0.4 is 24.4 Å². The average molecular weight is 648 g/mol. The van der Waals surface area contributed by atoms with E-state index in [2.05, 4.69) is 10.5 Å². The lowest BCUT2D eigenvalue weighted by Crippen LogP contribution is -2.40. The Labute approximate surface area is 261 Å². The molecule has 0 saturated carbocycles. The molecule has 0 aliphatic heterocycles. The van der Waals surface area contributed by atoms with E-state index in [9.17, 15) is 9.59 Å². The number of carbonyl (C=O) groups excluding carboxylic acids is 2. The van der Waals surface area contributed by atoms with Crippen molar-refractivity contribution in [3.05, 3.63) is 116 Å². The van der Waals surface area contributed by atoms with Gasteiger partial charge in [-0.25, -0.2) is 10.2 Å². The van der Waals surface area contributed by atoms with Crippen LogP contribution in [0.15, 0.2) is 90.0 Å². The van der Waals surface area contributed by atoms with Gasteiger partial charge >= 0.3 is 18.2 Å². The molecule has 0 atom stereocenters. The summed E-state index contributed by atoms with van der Waals surface area (Å²) in [6.07, 6.45) is -0.0195. The van der Waals surface area contributed by atoms with E-state index in [1.807, 2.05) is 0 Å². The van der Waals surface area contributed by atoms with Gasteiger partial charge in [0, 0.05) is 15.1 Å². The van der Waals surface area contributed by atoms with Crippen molar-refractivity contribution in [1.82, 2.24) is 5.43 Å². The van der Waals surface area contributed by atoms with E-state index in [4.69, 9.17) is 65.4 Å². The molecule has 0 heterocycles. The standard InChI is InChI=1S/C30H22Cl4N2O6/c1-2-39-27-15-18(3-14-26(27)42-29(38)24-13-8-21(33)16-25(24)34)17-35-36-28(37)30(40-22-9-4-19(31)5-10-22)41-23-11-6-20(32)7-12-23/h3-17,30H,2H2,1H3,(H,36,37)/b35-17-. The fourth-order valence-corrected chi connectivity index (χ4v) is 4.13. The van der Waals surface area contributed by atoms with E-state index in [1.165, 1.54) is 30.5 Å². The molecule has 0 aliphatic carbocycles. The van der Waals surface area contributed by atoms with E-state index in [0.717, 1.165) is 0 Å². The number of rotatable bonds is 11. The summed E-state index contributed by atoms with van der Waals surface area (Å²) in [7, 11) is 0. The molecule has 8 nitrogen and oxygen atoms in total. The summed E-state index contributed by atoms with van der Waals surface area (Å²) in [5, 5.41) is 5.57. The highest BCUT2D eigenvalue weighted by atomic mass is 35.5. The molecule has 1 N–H and O–H groups in total. The Kier molecular flexibility index (Phi) is 10.9. The van der Waals surface area contributed by atoms with Crippen molar-refractivity contribution in [2.45, 2.75) is 13.2 Å². The molecule has 4 aromatic carbocycles. The molecule has 216 valence electrons. The number of amides is 1. The Morgan fingerprint density at radius 2 is 1.38 bits per heavy atom. The van der Waals surface area contributed by atoms with E-state index in [0.29, 0.717) is 38.7 Å². The number of nitrogens with zero attached hydrogens (tertiary/aromatic N) is 1. The molecule has 1 amide bonds. The van der Waals surface area contributed by atoms with E-state index >= 15 is 0 Å². The van der Waals surface area contributed by atoms with Crippen molar-refractivity contribution < 1.29 is 28.5 Å². The van der Waals surface area contributed by atoms with Gasteiger partial charge < -0.3 is 18.9 Å². The predicted octanol–water partition coefficient (Wildman–Crippen LogP) is 7.85. The molecular formula is C30H22Cl4N2O6. The molecule has 42 heavy (non-hydrogen) atoms. The minimum atomic E-state index is -1.40. The number of hydrazone groups is 1. The van der Waals surface area contributed by atoms with E-state index in [1.54, 1.807) is 67.6 Å². The van der Waals surface area contributed by atoms with Crippen molar-refractivity contribution in [3.63, 3.8) is 0 Å². The monoisotopic (exact) mass is 646 g/mol. The van der Waals surface area contributed by atoms with Gasteiger partial charge in [-0.15, -0.1) is 0 Å². The minimum Gasteiger partial charge on any atom is -0.490 e. The third-order valence-electron chi connectivity index (χ3n) is 5.34. The van der Waals surface area contributed by atoms with Gasteiger partial charge in [0.1, 0.15) is 11.5 Å². The lowest BCUT2D eigenvalue weighted by Gasteiger charge is -2.19. The number of hydrogen-bond donors (Lipinski definition) is 1. The summed E-state index contributed by atoms with van der Waals surface area (Å²) < 4.78 is 22.6. The summed E-state index contributed by atoms with van der Waals surface area (Å²) in [6.45, 7) is 2.08. The predicted molar refractivity (Wildman–Crippen MR) is 163 cm³/mol. The zero-order valence-corrected chi connectivity index (χ0v) is 24.9. The molecular weight excluding hydrogens is 626 g/mol. The molecule has 0 saturated heterocycles. The quantitative estimate of drug-likeness (QED) is 0.0586. The van der Waals surface area contributed by atoms with Crippen molar-refractivity contribution in [2.75, 3.05) is 6.61 Å². The highest BCUT2D eigenvalue weighted by Crippen LogP contribution is 2.30. The van der Waals surface area contributed by atoms with Crippen LogP contribution in [0.2, 0.25) is 20.1 Å². The first-order valence-corrected chi connectivity index (χ1v) is 13.8. The summed E-state index contributed by atoms with van der Waals surface area (Å²) in [5.41, 5.74) is 3.09. The molecule has 0 fully saturated rings. The first kappa shape index (κ1) is 31.0. The third-order valence-corrected chi connectivity index (χ3v) is 6.39. The Hall–Kier alpha value is -3.95. The normalized spacial score (nSPS) is 10.9. The highest BCUT2D eigenvalue weighted by molar-refractivity contribution is 6.36. The molecule has 0 radical (unpaired) electrons. The van der Waals surface area contributed by atoms with Gasteiger partial charge in [-0.1, -0.05) is 46.4 Å². The van der Waals surface area contributed by atoms with Gasteiger partial charge in [0.05, 0.1) is 23.4 Å². The molecule has 4 rings (SSSR count). The van der Waals surface area contributed by atoms with Gasteiger partial charge in [0.25, 0.3) is 0 Å². The van der Waals surface area contributed by atoms with Crippen LogP contribution in [0.25, 0.3) is 0 Å². The maximum absolute atomic E-state index is 13.0. The summed E-state index contributed by atoms with van der Waals surface area (Å²) in [5.74, 6) is -0.221. The fourth-order valence-electron chi connectivity index (χ4n) is 3.40. The lowest BCUT2D eigenvalue weighted by atomic mass is 10.2. The highest BCUT2D eigenvalue weighted by Gasteiger charge is 2.23. The largest absolute Gasteiger partial charge is 0.490 e. The second kappa shape index (κ2) is 14.8. The molecule has 0 aliphatic rings. The van der Waals surface area contributed by atoms with Crippen LogP contribution in [0.1, 0.15) is 22.8 Å². The van der Waals surface area contributed by atoms with Crippen LogP contribution >= 0.6 is 46.4 Å². The molecule has 0 aromatic heterocycles. The molecule has 0 bridgehead atoms. The molecule has 0 unspecified atom stereocenters. The van der Waals surface area contributed by atoms with Crippen molar-refractivity contribution >= 4 is 64.5 Å². The van der Waals surface area contributed by atoms with Gasteiger partial charge in [0.2, 0.25) is 0 Å². The van der Waals surface area contributed by atoms with Gasteiger partial charge in [-0.05, 0) is 97.4 Å². The van der Waals surface area contributed by atoms with E-state index in [-0.39, 0.29) is 22.1 Å². The number of nitrogens with one attached hydrogen (secondary N) is 1. The Bertz CT molecular complexity index is 1530. The van der Waals surface area contributed by atoms with Crippen molar-refractivity contribution in [1.29, 1.82) is 0 Å². The topological polar surface area (TPSA) is 95.5 Å². The maximum Gasteiger partial charge on any atom is 0.345 e. The zero-order valence-electron chi connectivity index (χ0n) is 21.9. The van der Waals surface area contributed by atoms with Gasteiger partial charge in [0.15, 0.2) is 11.5 Å². The lowest BCUT2D eigenvalue weighted by molar-refractivity contribution is -0.140. The van der Waals surface area contributed by atoms with Gasteiger partial charge in [-0.3, -0.25) is 4.79 Å². The van der Waals surface area contributed by atoms with Crippen molar-refractivity contribution in [3.8, 4) is 23.0 Å². The number of halogens is 4. The van der Waals surface area contributed by atoms with Crippen LogP contribution in [-0.2, 0) is 4.79 Å². The first-order valence-electron chi connectivity index (χ1n) is 12.3. The summed E-state index contributed by atoms with van der Waals surface area (Å²) in [4.78, 5) is 25.7. The van der Waals surface area contributed by atoms with Crippen molar-refractivity contribution in [2.24, 2.45) is 5.10 Å². The summed E-state index contributed by atoms with van der Waals surface area (Å²) in [6, 6.07) is 22.1. The van der Waals surface area contributed by atoms with Crippen LogP contribution in [-0.4, -0.2) is 31.0 Å². The number of carbonyl (C=O) groups is 2. The Balaban J connectivity index is 1.46. The summed E-state index contributed by atoms with van der Waals surface area (Å²) >= 11 is 23.9. The molecule has 12 heteroatoms. The van der Waals surface area contributed by atoms with Gasteiger partial charge in [-0.2, -0.15) is 5.10 Å². The molecule has 0 spiro atoms. The minimum absolute atomic E-state index is 0.146. The van der Waals surface area contributed by atoms with Crippen LogP contribution in [0.3, 0.4) is 0 Å². The van der Waals surface area contributed by atoms with Crippen LogP contribution in [0, 0.1) is 0 Å². The second-order valence-corrected chi connectivity index (χ2v) is 10.1. The average Bonchev–Trinajstić information content (AvgIpc) is 2.96. The number of ether oxygens (including phenoxy) is 4. The number of esters is 1. The van der Waals surface area contributed by atoms with Crippen LogP contribution in [0.4, 0.5) is 0 Å².